The number of hydrogen-bond acceptors (Lipinski definition) is 9. The van der Waals surface area contributed by atoms with Gasteiger partial charge in [-0.1, -0.05) is 0 Å². The fourth-order valence-electron chi connectivity index (χ4n) is 2.33. The van der Waals surface area contributed by atoms with Crippen LogP contribution in [0.5, 0.6) is 0 Å². The Morgan fingerprint density at radius 2 is 2.04 bits per heavy atom. The van der Waals surface area contributed by atoms with Gasteiger partial charge in [0, 0.05) is 7.05 Å². The predicted octanol–water partition coefficient (Wildman–Crippen LogP) is 1.91. The second-order valence-corrected chi connectivity index (χ2v) is 6.21. The first-order valence-corrected chi connectivity index (χ1v) is 8.41. The van der Waals surface area contributed by atoms with Gasteiger partial charge in [-0.15, -0.1) is 11.3 Å². The highest BCUT2D eigenvalue weighted by Crippen LogP contribution is 2.35. The van der Waals surface area contributed by atoms with Gasteiger partial charge in [0.2, 0.25) is 5.69 Å². The van der Waals surface area contributed by atoms with Crippen LogP contribution in [0, 0.1) is 17.0 Å². The molecule has 0 atom stereocenters. The van der Waals surface area contributed by atoms with Gasteiger partial charge in [0.1, 0.15) is 16.1 Å². The van der Waals surface area contributed by atoms with E-state index >= 15 is 0 Å². The van der Waals surface area contributed by atoms with Crippen LogP contribution in [0.2, 0.25) is 0 Å². The van der Waals surface area contributed by atoms with Crippen LogP contribution in [-0.2, 0) is 16.5 Å². The summed E-state index contributed by atoms with van der Waals surface area (Å²) in [6, 6.07) is 0. The number of hydrogen-bond donors (Lipinski definition) is 1. The van der Waals surface area contributed by atoms with Crippen molar-refractivity contribution in [3.05, 3.63) is 38.0 Å². The second-order valence-electron chi connectivity index (χ2n) is 5.19. The number of esters is 2. The fraction of sp³-hybridized carbons (Fsp3) is 0.333. The van der Waals surface area contributed by atoms with E-state index < -0.39 is 28.5 Å². The number of nitrogens with zero attached hydrogens (tertiary/aromatic N) is 3. The Bertz CT molecular complexity index is 931. The zero-order chi connectivity index (χ0) is 20.3. The number of anilines is 1. The minimum atomic E-state index is -0.858. The molecule has 11 nitrogen and oxygen atoms in total. The summed E-state index contributed by atoms with van der Waals surface area (Å²) in [5.41, 5.74) is -0.545. The van der Waals surface area contributed by atoms with Crippen LogP contribution in [0.3, 0.4) is 0 Å². The molecule has 0 unspecified atom stereocenters. The summed E-state index contributed by atoms with van der Waals surface area (Å²) in [6.45, 7) is 3.27. The van der Waals surface area contributed by atoms with Gasteiger partial charge in [-0.05, 0) is 19.4 Å². The summed E-state index contributed by atoms with van der Waals surface area (Å²) >= 11 is 0.817. The number of nitrogens with one attached hydrogen (secondary N) is 1. The Hall–Kier alpha value is -3.28. The van der Waals surface area contributed by atoms with Crippen LogP contribution in [0.1, 0.15) is 43.0 Å². The number of carbonyl (C=O) groups excluding carboxylic acids is 3. The maximum atomic E-state index is 12.6. The van der Waals surface area contributed by atoms with E-state index in [1.165, 1.54) is 14.0 Å². The summed E-state index contributed by atoms with van der Waals surface area (Å²) < 4.78 is 10.7. The number of ether oxygens (including phenoxy) is 2. The van der Waals surface area contributed by atoms with Gasteiger partial charge in [0.15, 0.2) is 0 Å². The Morgan fingerprint density at radius 3 is 2.59 bits per heavy atom. The van der Waals surface area contributed by atoms with Crippen molar-refractivity contribution in [3.8, 4) is 0 Å². The summed E-state index contributed by atoms with van der Waals surface area (Å²) in [7, 11) is 2.52. The first kappa shape index (κ1) is 20.0. The molecule has 12 heteroatoms. The number of rotatable bonds is 6. The van der Waals surface area contributed by atoms with E-state index in [0.29, 0.717) is 0 Å². The van der Waals surface area contributed by atoms with E-state index in [2.05, 4.69) is 10.4 Å². The second kappa shape index (κ2) is 7.95. The summed E-state index contributed by atoms with van der Waals surface area (Å²) in [6.07, 6.45) is 0.944. The summed E-state index contributed by atoms with van der Waals surface area (Å²) in [5, 5.41) is 17.2. The monoisotopic (exact) mass is 396 g/mol. The van der Waals surface area contributed by atoms with E-state index in [1.807, 2.05) is 0 Å². The average Bonchev–Trinajstić information content (AvgIpc) is 3.15. The van der Waals surface area contributed by atoms with Gasteiger partial charge < -0.3 is 14.8 Å². The molecule has 1 N–H and O–H groups in total. The van der Waals surface area contributed by atoms with Gasteiger partial charge in [-0.25, -0.2) is 9.59 Å². The van der Waals surface area contributed by atoms with Gasteiger partial charge in [-0.3, -0.25) is 19.6 Å². The van der Waals surface area contributed by atoms with Crippen molar-refractivity contribution >= 4 is 39.9 Å². The Morgan fingerprint density at radius 1 is 1.37 bits per heavy atom. The zero-order valence-electron chi connectivity index (χ0n) is 14.9. The van der Waals surface area contributed by atoms with Gasteiger partial charge in [0.25, 0.3) is 5.91 Å². The van der Waals surface area contributed by atoms with E-state index in [-0.39, 0.29) is 33.3 Å². The number of amides is 1. The van der Waals surface area contributed by atoms with E-state index in [0.717, 1.165) is 29.3 Å². The number of aromatic nitrogens is 2. The molecule has 0 aromatic carbocycles. The molecular weight excluding hydrogens is 380 g/mol. The Balaban J connectivity index is 2.49. The van der Waals surface area contributed by atoms with Crippen molar-refractivity contribution in [3.63, 3.8) is 0 Å². The molecule has 0 aliphatic heterocycles. The molecule has 0 radical (unpaired) electrons. The molecular formula is C15H16N4O7S. The normalized spacial score (nSPS) is 10.4. The van der Waals surface area contributed by atoms with Crippen molar-refractivity contribution in [1.29, 1.82) is 0 Å². The van der Waals surface area contributed by atoms with Crippen LogP contribution in [0.4, 0.5) is 10.7 Å². The minimum Gasteiger partial charge on any atom is -0.465 e. The van der Waals surface area contributed by atoms with Gasteiger partial charge in [0.05, 0.1) is 24.2 Å². The Kier molecular flexibility index (Phi) is 5.90. The maximum Gasteiger partial charge on any atom is 0.348 e. The van der Waals surface area contributed by atoms with Crippen molar-refractivity contribution in [2.24, 2.45) is 7.05 Å². The lowest BCUT2D eigenvalue weighted by Crippen LogP contribution is -2.18. The molecule has 144 valence electrons. The molecule has 2 rings (SSSR count). The molecule has 2 aromatic rings. The minimum absolute atomic E-state index is 0.0166. The Labute approximate surface area is 157 Å². The molecule has 0 fully saturated rings. The van der Waals surface area contributed by atoms with Crippen molar-refractivity contribution in [2.75, 3.05) is 19.0 Å². The smallest absolute Gasteiger partial charge is 0.348 e. The third-order valence-electron chi connectivity index (χ3n) is 3.56. The van der Waals surface area contributed by atoms with Crippen LogP contribution in [-0.4, -0.2) is 46.3 Å². The summed E-state index contributed by atoms with van der Waals surface area (Å²) in [5.74, 6) is -2.28. The van der Waals surface area contributed by atoms with Gasteiger partial charge >= 0.3 is 17.6 Å². The van der Waals surface area contributed by atoms with Crippen LogP contribution in [0.25, 0.3) is 0 Å². The first-order chi connectivity index (χ1) is 12.7. The van der Waals surface area contributed by atoms with Crippen LogP contribution < -0.4 is 5.32 Å². The van der Waals surface area contributed by atoms with Gasteiger partial charge in [-0.2, -0.15) is 5.10 Å². The van der Waals surface area contributed by atoms with Crippen molar-refractivity contribution < 1.29 is 28.8 Å². The molecule has 0 saturated carbocycles. The quantitative estimate of drug-likeness (QED) is 0.443. The highest BCUT2D eigenvalue weighted by molar-refractivity contribution is 7.18. The third kappa shape index (κ3) is 3.79. The first-order valence-electron chi connectivity index (χ1n) is 7.59. The molecule has 0 aliphatic carbocycles. The third-order valence-corrected chi connectivity index (χ3v) is 4.74. The van der Waals surface area contributed by atoms with Crippen molar-refractivity contribution in [2.45, 2.75) is 13.8 Å². The number of thiophene rings is 1. The highest BCUT2D eigenvalue weighted by Gasteiger charge is 2.30. The number of methoxy groups -OCH3 is 1. The predicted molar refractivity (Wildman–Crippen MR) is 94.2 cm³/mol. The van der Waals surface area contributed by atoms with E-state index in [1.54, 1.807) is 6.92 Å². The standard InChI is InChI=1S/C15H16N4O7S/c1-5-26-15(22)11-7(2)9(14(21)25-4)13(27-11)17-12(20)10-8(19(23)24)6-16-18(10)3/h6H,5H2,1-4H3,(H,17,20). The maximum absolute atomic E-state index is 12.6. The topological polar surface area (TPSA) is 143 Å². The SMILES string of the molecule is CCOC(=O)c1sc(NC(=O)c2c([N+](=O)[O-])cnn2C)c(C(=O)OC)c1C. The molecule has 0 saturated heterocycles. The summed E-state index contributed by atoms with van der Waals surface area (Å²) in [4.78, 5) is 47.2. The molecule has 0 aliphatic rings. The molecule has 0 bridgehead atoms. The molecule has 2 heterocycles. The number of nitro groups is 1. The number of carbonyl (C=O) groups is 3. The van der Waals surface area contributed by atoms with Crippen LogP contribution in [0.15, 0.2) is 6.20 Å². The fourth-order valence-corrected chi connectivity index (χ4v) is 3.41. The molecule has 0 spiro atoms. The lowest BCUT2D eigenvalue weighted by molar-refractivity contribution is -0.385. The lowest BCUT2D eigenvalue weighted by Gasteiger charge is -2.06. The molecule has 2 aromatic heterocycles. The average molecular weight is 396 g/mol. The van der Waals surface area contributed by atoms with E-state index in [9.17, 15) is 24.5 Å². The molecule has 27 heavy (non-hydrogen) atoms. The van der Waals surface area contributed by atoms with Crippen LogP contribution >= 0.6 is 11.3 Å². The highest BCUT2D eigenvalue weighted by atomic mass is 32.1. The van der Waals surface area contributed by atoms with E-state index in [4.69, 9.17) is 9.47 Å². The number of aryl methyl sites for hydroxylation is 1. The zero-order valence-corrected chi connectivity index (χ0v) is 15.7. The molecule has 1 amide bonds. The lowest BCUT2D eigenvalue weighted by atomic mass is 10.1. The largest absolute Gasteiger partial charge is 0.465 e. The van der Waals surface area contributed by atoms with Crippen molar-refractivity contribution in [1.82, 2.24) is 9.78 Å².